The maximum atomic E-state index is 11.8. The summed E-state index contributed by atoms with van der Waals surface area (Å²) in [6.07, 6.45) is 1.14. The fourth-order valence-corrected chi connectivity index (χ4v) is 1.60. The maximum Gasteiger partial charge on any atom is 0.199 e. The fraction of sp³-hybridized carbons (Fsp3) is 0.308. The van der Waals surface area contributed by atoms with Crippen molar-refractivity contribution in [2.45, 2.75) is 25.8 Å². The van der Waals surface area contributed by atoms with Crippen LogP contribution in [0.5, 0.6) is 0 Å². The van der Waals surface area contributed by atoms with Crippen LogP contribution in [0.15, 0.2) is 34.7 Å². The second kappa shape index (κ2) is 4.49. The van der Waals surface area contributed by atoms with Crippen molar-refractivity contribution in [2.75, 3.05) is 0 Å². The number of fused-ring (bicyclic) bond motifs is 1. The van der Waals surface area contributed by atoms with Crippen molar-refractivity contribution >= 4 is 16.8 Å². The van der Waals surface area contributed by atoms with Gasteiger partial charge in [-0.2, -0.15) is 0 Å². The molecule has 0 spiro atoms. The molecule has 0 fully saturated rings. The zero-order chi connectivity index (χ0) is 11.5. The molecule has 0 radical (unpaired) electrons. The van der Waals surface area contributed by atoms with Crippen molar-refractivity contribution < 1.29 is 9.21 Å². The molecule has 1 heterocycles. The molecule has 0 saturated carbocycles. The van der Waals surface area contributed by atoms with E-state index in [0.717, 1.165) is 17.4 Å². The van der Waals surface area contributed by atoms with Crippen molar-refractivity contribution in [1.82, 2.24) is 0 Å². The molecule has 0 amide bonds. The van der Waals surface area contributed by atoms with Gasteiger partial charge in [0, 0.05) is 17.8 Å². The van der Waals surface area contributed by atoms with Crippen molar-refractivity contribution in [3.8, 4) is 0 Å². The molecule has 3 heteroatoms. The van der Waals surface area contributed by atoms with Crippen LogP contribution in [0.2, 0.25) is 0 Å². The van der Waals surface area contributed by atoms with E-state index in [2.05, 4.69) is 0 Å². The van der Waals surface area contributed by atoms with E-state index in [0.29, 0.717) is 12.2 Å². The van der Waals surface area contributed by atoms with Crippen molar-refractivity contribution in [3.63, 3.8) is 0 Å². The van der Waals surface area contributed by atoms with Crippen LogP contribution in [0, 0.1) is 0 Å². The number of benzene rings is 1. The summed E-state index contributed by atoms with van der Waals surface area (Å²) in [4.78, 5) is 11.8. The van der Waals surface area contributed by atoms with E-state index in [1.165, 1.54) is 0 Å². The van der Waals surface area contributed by atoms with E-state index in [1.54, 1.807) is 6.07 Å². The third-order valence-corrected chi connectivity index (χ3v) is 2.67. The van der Waals surface area contributed by atoms with E-state index in [4.69, 9.17) is 10.2 Å². The minimum Gasteiger partial charge on any atom is -0.453 e. The minimum absolute atomic E-state index is 0.0226. The van der Waals surface area contributed by atoms with E-state index in [1.807, 2.05) is 31.2 Å². The average Bonchev–Trinajstić information content (AvgIpc) is 2.72. The lowest BCUT2D eigenvalue weighted by molar-refractivity contribution is 0.0949. The number of hydrogen-bond donors (Lipinski definition) is 1. The van der Waals surface area contributed by atoms with Gasteiger partial charge in [-0.25, -0.2) is 0 Å². The van der Waals surface area contributed by atoms with Crippen molar-refractivity contribution in [3.05, 3.63) is 36.1 Å². The van der Waals surface area contributed by atoms with Crippen LogP contribution in [0.4, 0.5) is 0 Å². The highest BCUT2D eigenvalue weighted by molar-refractivity contribution is 5.97. The van der Waals surface area contributed by atoms with Gasteiger partial charge < -0.3 is 10.2 Å². The van der Waals surface area contributed by atoms with Gasteiger partial charge in [0.2, 0.25) is 0 Å². The molecule has 2 N–H and O–H groups in total. The largest absolute Gasteiger partial charge is 0.453 e. The Morgan fingerprint density at radius 1 is 1.44 bits per heavy atom. The molecule has 0 bridgehead atoms. The molecule has 84 valence electrons. The molecule has 1 aromatic carbocycles. The van der Waals surface area contributed by atoms with Gasteiger partial charge in [-0.15, -0.1) is 0 Å². The summed E-state index contributed by atoms with van der Waals surface area (Å²) >= 11 is 0. The molecule has 0 aliphatic carbocycles. The lowest BCUT2D eigenvalue weighted by atomic mass is 10.1. The van der Waals surface area contributed by atoms with Crippen LogP contribution >= 0.6 is 0 Å². The van der Waals surface area contributed by atoms with Gasteiger partial charge in [0.25, 0.3) is 0 Å². The van der Waals surface area contributed by atoms with Crippen LogP contribution in [0.1, 0.15) is 30.3 Å². The summed E-state index contributed by atoms with van der Waals surface area (Å²) in [6.45, 7) is 1.97. The molecular weight excluding hydrogens is 202 g/mol. The van der Waals surface area contributed by atoms with Crippen molar-refractivity contribution in [2.24, 2.45) is 5.73 Å². The van der Waals surface area contributed by atoms with Crippen LogP contribution in [0.25, 0.3) is 11.0 Å². The Balaban J connectivity index is 2.23. The van der Waals surface area contributed by atoms with Gasteiger partial charge >= 0.3 is 0 Å². The van der Waals surface area contributed by atoms with Gasteiger partial charge in [0.05, 0.1) is 0 Å². The normalized spacial score (nSPS) is 12.9. The summed E-state index contributed by atoms with van der Waals surface area (Å²) in [5.41, 5.74) is 6.49. The highest BCUT2D eigenvalue weighted by Crippen LogP contribution is 2.20. The molecule has 0 aliphatic rings. The smallest absolute Gasteiger partial charge is 0.199 e. The summed E-state index contributed by atoms with van der Waals surface area (Å²) in [5, 5.41) is 0.955. The van der Waals surface area contributed by atoms with Gasteiger partial charge in [0.1, 0.15) is 5.58 Å². The third kappa shape index (κ3) is 2.14. The second-order valence-electron chi connectivity index (χ2n) is 3.94. The Morgan fingerprint density at radius 3 is 2.88 bits per heavy atom. The summed E-state index contributed by atoms with van der Waals surface area (Å²) in [6, 6.07) is 9.28. The second-order valence-corrected chi connectivity index (χ2v) is 3.94. The van der Waals surface area contributed by atoms with Crippen LogP contribution in [-0.2, 0) is 0 Å². The Bertz CT molecular complexity index is 468. The van der Waals surface area contributed by atoms with Crippen molar-refractivity contribution in [1.29, 1.82) is 0 Å². The number of ketones is 1. The molecule has 2 rings (SSSR count). The molecule has 1 unspecified atom stereocenters. The highest BCUT2D eigenvalue weighted by Gasteiger charge is 2.14. The lowest BCUT2D eigenvalue weighted by Gasteiger charge is -2.04. The predicted molar refractivity (Wildman–Crippen MR) is 63.4 cm³/mol. The van der Waals surface area contributed by atoms with Crippen LogP contribution < -0.4 is 5.73 Å². The van der Waals surface area contributed by atoms with Gasteiger partial charge in [0.15, 0.2) is 11.5 Å². The van der Waals surface area contributed by atoms with Gasteiger partial charge in [-0.3, -0.25) is 4.79 Å². The third-order valence-electron chi connectivity index (χ3n) is 2.67. The molecule has 0 aliphatic heterocycles. The molecule has 1 aromatic heterocycles. The fourth-order valence-electron chi connectivity index (χ4n) is 1.60. The quantitative estimate of drug-likeness (QED) is 0.801. The zero-order valence-electron chi connectivity index (χ0n) is 9.27. The SMILES string of the molecule is CCC(N)CC(=O)c1cc2ccccc2o1. The molecule has 0 saturated heterocycles. The number of para-hydroxylation sites is 1. The number of carbonyl (C=O) groups excluding carboxylic acids is 1. The average molecular weight is 217 g/mol. The van der Waals surface area contributed by atoms with E-state index < -0.39 is 0 Å². The Morgan fingerprint density at radius 2 is 2.19 bits per heavy atom. The summed E-state index contributed by atoms with van der Waals surface area (Å²) < 4.78 is 5.47. The van der Waals surface area contributed by atoms with E-state index >= 15 is 0 Å². The first-order valence-corrected chi connectivity index (χ1v) is 5.48. The van der Waals surface area contributed by atoms with Gasteiger partial charge in [-0.05, 0) is 18.6 Å². The molecule has 3 nitrogen and oxygen atoms in total. The lowest BCUT2D eigenvalue weighted by Crippen LogP contribution is -2.22. The van der Waals surface area contributed by atoms with Gasteiger partial charge in [-0.1, -0.05) is 25.1 Å². The number of Topliss-reactive ketones (excluding diaryl/α,β-unsaturated/α-hetero) is 1. The van der Waals surface area contributed by atoms with Crippen LogP contribution in [-0.4, -0.2) is 11.8 Å². The molecular formula is C13H15NO2. The predicted octanol–water partition coefficient (Wildman–Crippen LogP) is 2.74. The van der Waals surface area contributed by atoms with E-state index in [9.17, 15) is 4.79 Å². The standard InChI is InChI=1S/C13H15NO2/c1-2-10(14)8-11(15)13-7-9-5-3-4-6-12(9)16-13/h3-7,10H,2,8,14H2,1H3. The first-order valence-electron chi connectivity index (χ1n) is 5.48. The van der Waals surface area contributed by atoms with Crippen LogP contribution in [0.3, 0.4) is 0 Å². The Labute approximate surface area is 94.2 Å². The monoisotopic (exact) mass is 217 g/mol. The topological polar surface area (TPSA) is 56.2 Å². The number of carbonyl (C=O) groups is 1. The number of furan rings is 1. The summed E-state index contributed by atoms with van der Waals surface area (Å²) in [5.74, 6) is 0.385. The molecule has 2 aromatic rings. The number of rotatable bonds is 4. The molecule has 16 heavy (non-hydrogen) atoms. The first kappa shape index (κ1) is 10.9. The first-order chi connectivity index (χ1) is 7.70. The number of hydrogen-bond acceptors (Lipinski definition) is 3. The van der Waals surface area contributed by atoms with E-state index in [-0.39, 0.29) is 11.8 Å². The zero-order valence-corrected chi connectivity index (χ0v) is 9.27. The minimum atomic E-state index is -0.0827. The summed E-state index contributed by atoms with van der Waals surface area (Å²) in [7, 11) is 0. The number of nitrogens with two attached hydrogens (primary N) is 1. The Kier molecular flexibility index (Phi) is 3.06. The maximum absolute atomic E-state index is 11.8. The Hall–Kier alpha value is -1.61. The highest BCUT2D eigenvalue weighted by atomic mass is 16.3. The molecule has 1 atom stereocenters.